The summed E-state index contributed by atoms with van der Waals surface area (Å²) in [7, 11) is 0. The van der Waals surface area contributed by atoms with Gasteiger partial charge in [0.25, 0.3) is 0 Å². The average Bonchev–Trinajstić information content (AvgIpc) is 2.34. The zero-order valence-corrected chi connectivity index (χ0v) is 9.00. The lowest BCUT2D eigenvalue weighted by molar-refractivity contribution is 0.764. The van der Waals surface area contributed by atoms with Gasteiger partial charge in [0, 0.05) is 22.0 Å². The van der Waals surface area contributed by atoms with Gasteiger partial charge in [-0.2, -0.15) is 0 Å². The highest BCUT2D eigenvalue weighted by molar-refractivity contribution is 9.11. The number of benzene rings is 1. The van der Waals surface area contributed by atoms with Crippen molar-refractivity contribution < 1.29 is 0 Å². The summed E-state index contributed by atoms with van der Waals surface area (Å²) < 4.78 is 2.35. The molecular weight excluding hydrogens is 270 g/mol. The molecule has 1 aliphatic heterocycles. The lowest BCUT2D eigenvalue weighted by Gasteiger charge is -2.01. The molecule has 0 amide bonds. The molecule has 11 heavy (non-hydrogen) atoms. The Balaban J connectivity index is 2.60. The largest absolute Gasteiger partial charge is 0.309 e. The molecule has 1 heterocycles. The van der Waals surface area contributed by atoms with Crippen molar-refractivity contribution in [3.05, 3.63) is 32.2 Å². The highest BCUT2D eigenvalue weighted by Gasteiger charge is 2.13. The predicted molar refractivity (Wildman–Crippen MR) is 52.4 cm³/mol. The number of hydrogen-bond acceptors (Lipinski definition) is 1. The van der Waals surface area contributed by atoms with Crippen molar-refractivity contribution in [3.63, 3.8) is 0 Å². The Morgan fingerprint density at radius 3 is 2.82 bits per heavy atom. The van der Waals surface area contributed by atoms with Crippen molar-refractivity contribution in [2.24, 2.45) is 0 Å². The van der Waals surface area contributed by atoms with E-state index in [1.807, 2.05) is 0 Å². The summed E-state index contributed by atoms with van der Waals surface area (Å²) in [5, 5.41) is 3.30. The van der Waals surface area contributed by atoms with Crippen molar-refractivity contribution in [1.29, 1.82) is 0 Å². The maximum atomic E-state index is 3.53. The van der Waals surface area contributed by atoms with Gasteiger partial charge in [0.15, 0.2) is 0 Å². The lowest BCUT2D eigenvalue weighted by atomic mass is 10.1. The van der Waals surface area contributed by atoms with Gasteiger partial charge in [-0.05, 0) is 23.3 Å². The zero-order valence-electron chi connectivity index (χ0n) is 5.82. The van der Waals surface area contributed by atoms with E-state index in [2.05, 4.69) is 49.3 Å². The smallest absolute Gasteiger partial charge is 0.0234 e. The Hall–Kier alpha value is 0.140. The third-order valence-corrected chi connectivity index (χ3v) is 3.04. The van der Waals surface area contributed by atoms with Crippen LogP contribution in [0, 0.1) is 0 Å². The lowest BCUT2D eigenvalue weighted by Crippen LogP contribution is -2.00. The van der Waals surface area contributed by atoms with E-state index in [0.717, 1.165) is 17.6 Å². The molecule has 0 saturated carbocycles. The molecule has 0 aliphatic carbocycles. The molecule has 0 spiro atoms. The van der Waals surface area contributed by atoms with E-state index in [0.29, 0.717) is 0 Å². The number of rotatable bonds is 0. The molecule has 0 saturated heterocycles. The van der Waals surface area contributed by atoms with E-state index in [9.17, 15) is 0 Å². The molecule has 58 valence electrons. The second-order valence-electron chi connectivity index (χ2n) is 2.63. The Labute approximate surface area is 82.4 Å². The summed E-state index contributed by atoms with van der Waals surface area (Å²) >= 11 is 6.99. The van der Waals surface area contributed by atoms with E-state index in [4.69, 9.17) is 0 Å². The van der Waals surface area contributed by atoms with Crippen LogP contribution in [0.25, 0.3) is 0 Å². The molecule has 1 aromatic rings. The third-order valence-electron chi connectivity index (χ3n) is 1.87. The first-order valence-electron chi connectivity index (χ1n) is 3.45. The van der Waals surface area contributed by atoms with Gasteiger partial charge in [-0.25, -0.2) is 0 Å². The summed E-state index contributed by atoms with van der Waals surface area (Å²) in [6.45, 7) is 1.98. The number of halogens is 2. The molecule has 0 radical (unpaired) electrons. The minimum Gasteiger partial charge on any atom is -0.309 e. The van der Waals surface area contributed by atoms with Gasteiger partial charge in [-0.3, -0.25) is 0 Å². The van der Waals surface area contributed by atoms with Crippen LogP contribution in [-0.4, -0.2) is 0 Å². The molecule has 0 bridgehead atoms. The molecule has 3 heteroatoms. The Morgan fingerprint density at radius 1 is 1.18 bits per heavy atom. The van der Waals surface area contributed by atoms with Crippen LogP contribution in [-0.2, 0) is 13.1 Å². The molecule has 1 aromatic carbocycles. The topological polar surface area (TPSA) is 12.0 Å². The van der Waals surface area contributed by atoms with E-state index < -0.39 is 0 Å². The molecule has 2 rings (SSSR count). The van der Waals surface area contributed by atoms with Gasteiger partial charge < -0.3 is 5.32 Å². The minimum atomic E-state index is 0.989. The second kappa shape index (κ2) is 2.88. The zero-order chi connectivity index (χ0) is 7.84. The fraction of sp³-hybridized carbons (Fsp3) is 0.250. The summed E-state index contributed by atoms with van der Waals surface area (Å²) in [5.41, 5.74) is 2.79. The van der Waals surface area contributed by atoms with Crippen molar-refractivity contribution in [2.45, 2.75) is 13.1 Å². The van der Waals surface area contributed by atoms with Gasteiger partial charge in [-0.15, -0.1) is 0 Å². The molecule has 0 fully saturated rings. The van der Waals surface area contributed by atoms with Crippen LogP contribution >= 0.6 is 31.9 Å². The first-order valence-corrected chi connectivity index (χ1v) is 5.03. The van der Waals surface area contributed by atoms with Gasteiger partial charge in [0.05, 0.1) is 0 Å². The van der Waals surface area contributed by atoms with Crippen molar-refractivity contribution in [1.82, 2.24) is 5.32 Å². The standard InChI is InChI=1S/C8H7Br2N/c9-6-1-5-3-11-4-7(5)8(10)2-6/h1-2,11H,3-4H2. The van der Waals surface area contributed by atoms with E-state index in [1.165, 1.54) is 15.6 Å². The Morgan fingerprint density at radius 2 is 2.00 bits per heavy atom. The second-order valence-corrected chi connectivity index (χ2v) is 4.40. The maximum absolute atomic E-state index is 3.53. The minimum absolute atomic E-state index is 0.989. The normalized spacial score (nSPS) is 15.1. The van der Waals surface area contributed by atoms with E-state index in [-0.39, 0.29) is 0 Å². The fourth-order valence-electron chi connectivity index (χ4n) is 1.33. The average molecular weight is 277 g/mol. The van der Waals surface area contributed by atoms with Crippen LogP contribution in [0.2, 0.25) is 0 Å². The number of fused-ring (bicyclic) bond motifs is 1. The first kappa shape index (κ1) is 7.77. The molecular formula is C8H7Br2N. The van der Waals surface area contributed by atoms with Gasteiger partial charge in [-0.1, -0.05) is 31.9 Å². The van der Waals surface area contributed by atoms with Crippen LogP contribution in [0.3, 0.4) is 0 Å². The van der Waals surface area contributed by atoms with Gasteiger partial charge >= 0.3 is 0 Å². The predicted octanol–water partition coefficient (Wildman–Crippen LogP) is 2.81. The summed E-state index contributed by atoms with van der Waals surface area (Å²) in [6, 6.07) is 4.26. The highest BCUT2D eigenvalue weighted by Crippen LogP contribution is 2.28. The Bertz CT molecular complexity index is 296. The summed E-state index contributed by atoms with van der Waals surface area (Å²) in [4.78, 5) is 0. The van der Waals surface area contributed by atoms with Crippen molar-refractivity contribution in [2.75, 3.05) is 0 Å². The van der Waals surface area contributed by atoms with Crippen LogP contribution in [0.15, 0.2) is 21.1 Å². The van der Waals surface area contributed by atoms with E-state index >= 15 is 0 Å². The van der Waals surface area contributed by atoms with E-state index in [1.54, 1.807) is 0 Å². The molecule has 0 atom stereocenters. The SMILES string of the molecule is Brc1cc(Br)c2c(c1)CNC2. The highest BCUT2D eigenvalue weighted by atomic mass is 79.9. The van der Waals surface area contributed by atoms with Gasteiger partial charge in [0.1, 0.15) is 0 Å². The van der Waals surface area contributed by atoms with Crippen LogP contribution in [0.5, 0.6) is 0 Å². The van der Waals surface area contributed by atoms with Crippen molar-refractivity contribution in [3.8, 4) is 0 Å². The summed E-state index contributed by atoms with van der Waals surface area (Å²) in [6.07, 6.45) is 0. The number of nitrogens with one attached hydrogen (secondary N) is 1. The van der Waals surface area contributed by atoms with Crippen molar-refractivity contribution >= 4 is 31.9 Å². The van der Waals surface area contributed by atoms with Crippen LogP contribution in [0.4, 0.5) is 0 Å². The maximum Gasteiger partial charge on any atom is 0.0234 e. The molecule has 0 unspecified atom stereocenters. The molecule has 0 aromatic heterocycles. The Kier molecular flexibility index (Phi) is 2.04. The summed E-state index contributed by atoms with van der Waals surface area (Å²) in [5.74, 6) is 0. The molecule has 1 aliphatic rings. The quantitative estimate of drug-likeness (QED) is 0.768. The van der Waals surface area contributed by atoms with Gasteiger partial charge in [0.2, 0.25) is 0 Å². The number of hydrogen-bond donors (Lipinski definition) is 1. The molecule has 1 N–H and O–H groups in total. The first-order chi connectivity index (χ1) is 5.27. The monoisotopic (exact) mass is 275 g/mol. The molecule has 1 nitrogen and oxygen atoms in total. The third kappa shape index (κ3) is 1.37. The van der Waals surface area contributed by atoms with Crippen LogP contribution < -0.4 is 5.32 Å². The fourth-order valence-corrected chi connectivity index (χ4v) is 2.79. The van der Waals surface area contributed by atoms with Crippen LogP contribution in [0.1, 0.15) is 11.1 Å².